The molecular formula is C63H84O6S4. The molecule has 0 amide bonds. The summed E-state index contributed by atoms with van der Waals surface area (Å²) in [7, 11) is -9.04. The third-order valence-corrected chi connectivity index (χ3v) is 18.6. The second kappa shape index (κ2) is 23.8. The summed E-state index contributed by atoms with van der Waals surface area (Å²) in [4.78, 5) is 8.25. The summed E-state index contributed by atoms with van der Waals surface area (Å²) in [6.45, 7) is 41.0. The highest BCUT2D eigenvalue weighted by atomic mass is 32.2. The van der Waals surface area contributed by atoms with Gasteiger partial charge in [-0.3, -0.25) is 0 Å². The lowest BCUT2D eigenvalue weighted by Crippen LogP contribution is -2.13. The molecule has 6 rings (SSSR count). The van der Waals surface area contributed by atoms with E-state index in [0.717, 1.165) is 0 Å². The molecule has 6 aromatic rings. The Morgan fingerprint density at radius 3 is 0.493 bits per heavy atom. The van der Waals surface area contributed by atoms with Gasteiger partial charge in [0.25, 0.3) is 0 Å². The minimum Gasteiger partial charge on any atom is -0.748 e. The van der Waals surface area contributed by atoms with Crippen LogP contribution in [-0.4, -0.2) is 37.4 Å². The molecule has 0 bridgehead atoms. The minimum atomic E-state index is -4.40. The van der Waals surface area contributed by atoms with Crippen LogP contribution >= 0.6 is 0 Å². The summed E-state index contributed by atoms with van der Waals surface area (Å²) in [5.74, 6) is -1.62. The van der Waals surface area contributed by atoms with Gasteiger partial charge in [-0.25, -0.2) is 16.8 Å². The van der Waals surface area contributed by atoms with Crippen LogP contribution in [0.4, 0.5) is 0 Å². The molecule has 6 nitrogen and oxygen atoms in total. The summed E-state index contributed by atoms with van der Waals surface area (Å²) in [5.41, 5.74) is 9.28. The van der Waals surface area contributed by atoms with Gasteiger partial charge in [-0.1, -0.05) is 197 Å². The predicted molar refractivity (Wildman–Crippen MR) is 309 cm³/mol. The Labute approximate surface area is 448 Å². The molecule has 0 aliphatic heterocycles. The van der Waals surface area contributed by atoms with Crippen LogP contribution in [-0.2, 0) is 74.5 Å². The number of benzene rings is 6. The first-order valence-corrected chi connectivity index (χ1v) is 30.8. The predicted octanol–water partition coefficient (Wildman–Crippen LogP) is 15.8. The highest BCUT2D eigenvalue weighted by Gasteiger charge is 2.32. The van der Waals surface area contributed by atoms with Gasteiger partial charge in [-0.05, 0) is 145 Å². The Morgan fingerprint density at radius 1 is 0.274 bits per heavy atom. The lowest BCUT2D eigenvalue weighted by molar-refractivity contribution is 0.457. The van der Waals surface area contributed by atoms with E-state index in [-0.39, 0.29) is 54.3 Å². The molecule has 0 N–H and O–H groups in total. The molecule has 396 valence electrons. The van der Waals surface area contributed by atoms with Crippen LogP contribution in [0.1, 0.15) is 164 Å². The smallest absolute Gasteiger partial charge is 0.166 e. The van der Waals surface area contributed by atoms with Crippen molar-refractivity contribution in [3.05, 3.63) is 179 Å². The lowest BCUT2D eigenvalue weighted by atomic mass is 9.87. The van der Waals surface area contributed by atoms with Gasteiger partial charge in [-0.15, -0.1) is 0 Å². The fourth-order valence-electron chi connectivity index (χ4n) is 7.78. The van der Waals surface area contributed by atoms with Crippen LogP contribution in [0.2, 0.25) is 0 Å². The molecule has 0 saturated heterocycles. The van der Waals surface area contributed by atoms with Gasteiger partial charge >= 0.3 is 0 Å². The maximum atomic E-state index is 9.86. The maximum absolute atomic E-state index is 9.86. The molecule has 0 unspecified atom stereocenters. The largest absolute Gasteiger partial charge is 0.748 e. The van der Waals surface area contributed by atoms with Crippen molar-refractivity contribution in [2.24, 2.45) is 0 Å². The molecular weight excluding hydrogens is 981 g/mol. The van der Waals surface area contributed by atoms with Crippen molar-refractivity contribution >= 4 is 42.0 Å². The number of hydrogen-bond acceptors (Lipinski definition) is 6. The minimum absolute atomic E-state index is 0.120. The van der Waals surface area contributed by atoms with Crippen LogP contribution in [0.15, 0.2) is 175 Å². The first-order chi connectivity index (χ1) is 33.2. The molecule has 10 heteroatoms. The second-order valence-electron chi connectivity index (χ2n) is 25.1. The first kappa shape index (κ1) is 61.4. The monoisotopic (exact) mass is 1060 g/mol. The van der Waals surface area contributed by atoms with Crippen LogP contribution in [0, 0.1) is 0 Å². The third kappa shape index (κ3) is 19.2. The van der Waals surface area contributed by atoms with Crippen molar-refractivity contribution < 1.29 is 25.9 Å². The molecule has 0 heterocycles. The van der Waals surface area contributed by atoms with Crippen molar-refractivity contribution in [1.29, 1.82) is 0 Å². The Balaban J connectivity index is 0.000000263. The molecule has 0 atom stereocenters. The molecule has 0 saturated carbocycles. The zero-order chi connectivity index (χ0) is 55.2. The SMILES string of the molecule is CC(C)(C)c1ccc([S+](c2ccc(C(C)(C)C)cc2)c2ccc(C(C)(C)C)cc2)cc1.CC(C)(C)c1ccc([S+](c2ccc(C(C)(C)C)cc2)c2ccc(C(C)(C)C)cc2)cc1.O=S(=O)([O-])CCCS(=O)(=O)[O-]. The zero-order valence-electron chi connectivity index (χ0n) is 47.1. The second-order valence-corrected chi connectivity index (χ2v) is 32.2. The van der Waals surface area contributed by atoms with Crippen LogP contribution in [0.25, 0.3) is 0 Å². The molecule has 0 aromatic heterocycles. The lowest BCUT2D eigenvalue weighted by Gasteiger charge is -2.21. The summed E-state index contributed by atoms with van der Waals surface area (Å²) in [6.07, 6.45) is -0.433. The van der Waals surface area contributed by atoms with E-state index >= 15 is 0 Å². The van der Waals surface area contributed by atoms with Crippen molar-refractivity contribution in [3.8, 4) is 0 Å². The summed E-state index contributed by atoms with van der Waals surface area (Å²) < 4.78 is 59.2. The molecule has 6 aromatic carbocycles. The van der Waals surface area contributed by atoms with E-state index in [2.05, 4.69) is 270 Å². The van der Waals surface area contributed by atoms with Crippen LogP contribution < -0.4 is 0 Å². The molecule has 0 aliphatic carbocycles. The average Bonchev–Trinajstić information content (AvgIpc) is 3.25. The van der Waals surface area contributed by atoms with Crippen LogP contribution in [0.5, 0.6) is 0 Å². The van der Waals surface area contributed by atoms with Crippen LogP contribution in [0.3, 0.4) is 0 Å². The third-order valence-electron chi connectivity index (χ3n) is 12.5. The molecule has 0 radical (unpaired) electrons. The van der Waals surface area contributed by atoms with Gasteiger partial charge < -0.3 is 9.11 Å². The van der Waals surface area contributed by atoms with Gasteiger partial charge in [0.15, 0.2) is 29.4 Å². The van der Waals surface area contributed by atoms with E-state index in [1.165, 1.54) is 62.8 Å². The Morgan fingerprint density at radius 2 is 0.397 bits per heavy atom. The molecule has 0 fully saturated rings. The Bertz CT molecular complexity index is 2420. The topological polar surface area (TPSA) is 114 Å². The van der Waals surface area contributed by atoms with Crippen molar-refractivity contribution in [2.45, 2.75) is 193 Å². The Hall–Kier alpha value is -4.16. The summed E-state index contributed by atoms with van der Waals surface area (Å²) in [5, 5.41) is 0. The normalized spacial score (nSPS) is 13.0. The highest BCUT2D eigenvalue weighted by molar-refractivity contribution is 7.97. The fraction of sp³-hybridized carbons (Fsp3) is 0.429. The highest BCUT2D eigenvalue weighted by Crippen LogP contribution is 2.38. The standard InChI is InChI=1S/2C30H39S.C3H8O6S2/c2*1-28(2,3)22-10-16-25(17-11-22)31(26-18-12-23(13-19-26)29(4,5)6)27-20-14-24(15-21-27)30(7,8)9;4-10(5,6)2-1-3-11(7,8)9/h2*10-21H,1-9H3;1-3H2,(H,4,5,6)(H,7,8,9)/q2*+1;/p-2. The first-order valence-electron chi connectivity index (χ1n) is 25.2. The van der Waals surface area contributed by atoms with Gasteiger partial charge in [0, 0.05) is 11.5 Å². The summed E-state index contributed by atoms with van der Waals surface area (Å²) in [6, 6.07) is 55.7. The quantitative estimate of drug-likeness (QED) is 0.0997. The average molecular weight is 1070 g/mol. The molecule has 0 spiro atoms. The van der Waals surface area contributed by atoms with Gasteiger partial charge in [0.1, 0.15) is 0 Å². The van der Waals surface area contributed by atoms with E-state index in [4.69, 9.17) is 0 Å². The molecule has 0 aliphatic rings. The zero-order valence-corrected chi connectivity index (χ0v) is 50.3. The van der Waals surface area contributed by atoms with E-state index < -0.39 is 38.2 Å². The van der Waals surface area contributed by atoms with Gasteiger partial charge in [0.2, 0.25) is 0 Å². The molecule has 73 heavy (non-hydrogen) atoms. The maximum Gasteiger partial charge on any atom is 0.166 e. The number of hydrogen-bond donors (Lipinski definition) is 0. The fourth-order valence-corrected chi connectivity index (χ4v) is 13.0. The van der Waals surface area contributed by atoms with E-state index in [9.17, 15) is 25.9 Å². The van der Waals surface area contributed by atoms with Crippen molar-refractivity contribution in [1.82, 2.24) is 0 Å². The van der Waals surface area contributed by atoms with E-state index in [0.29, 0.717) is 0 Å². The van der Waals surface area contributed by atoms with Gasteiger partial charge in [-0.2, -0.15) is 0 Å². The van der Waals surface area contributed by atoms with E-state index in [1.54, 1.807) is 0 Å². The van der Waals surface area contributed by atoms with Crippen molar-refractivity contribution in [3.63, 3.8) is 0 Å². The van der Waals surface area contributed by atoms with Crippen molar-refractivity contribution in [2.75, 3.05) is 11.5 Å². The van der Waals surface area contributed by atoms with Gasteiger partial charge in [0.05, 0.1) is 42.0 Å². The Kier molecular flexibility index (Phi) is 20.0. The number of rotatable bonds is 10. The van der Waals surface area contributed by atoms with E-state index in [1.807, 2.05) is 0 Å². The summed E-state index contributed by atoms with van der Waals surface area (Å²) >= 11 is 0.